The van der Waals surface area contributed by atoms with Crippen molar-refractivity contribution in [1.29, 1.82) is 0 Å². The number of hydrogen-bond donors (Lipinski definition) is 0. The van der Waals surface area contributed by atoms with Gasteiger partial charge in [0, 0.05) is 0 Å². The molecule has 76 valence electrons. The molecule has 1 rings (SSSR count). The predicted molar refractivity (Wildman–Crippen MR) is 74.0 cm³/mol. The summed E-state index contributed by atoms with van der Waals surface area (Å²) in [6, 6.07) is 10.5. The monoisotopic (exact) mass is 517 g/mol. The summed E-state index contributed by atoms with van der Waals surface area (Å²) in [7, 11) is 6.49. The van der Waals surface area contributed by atoms with Crippen LogP contribution in [0.1, 0.15) is 0 Å². The van der Waals surface area contributed by atoms with E-state index in [-0.39, 0.29) is 0 Å². The number of rotatable bonds is 1. The van der Waals surface area contributed by atoms with Gasteiger partial charge in [-0.25, -0.2) is 0 Å². The normalized spacial score (nSPS) is 10.5. The van der Waals surface area contributed by atoms with E-state index >= 15 is 0 Å². The molecule has 0 amide bonds. The molecule has 0 bridgehead atoms. The third-order valence-corrected chi connectivity index (χ3v) is 1.53. The van der Waals surface area contributed by atoms with Crippen molar-refractivity contribution in [2.45, 2.75) is 0 Å². The van der Waals surface area contributed by atoms with Crippen LogP contribution < -0.4 is 17.7 Å². The van der Waals surface area contributed by atoms with Crippen LogP contribution in [0.4, 0.5) is 5.69 Å². The number of nitrogens with zero attached hydrogens (tertiary/aromatic N) is 1. The molecule has 0 N–H and O–H groups in total. The van der Waals surface area contributed by atoms with Gasteiger partial charge in [-0.3, -0.25) is 4.48 Å². The molecule has 0 radical (unpaired) electrons. The predicted octanol–water partition coefficient (Wildman–Crippen LogP) is 0.659. The van der Waals surface area contributed by atoms with Crippen LogP contribution in [0.2, 0.25) is 0 Å². The molecular weight excluding hydrogens is 503 g/mol. The molecule has 0 saturated carbocycles. The maximum absolute atomic E-state index is 2.39. The van der Waals surface area contributed by atoms with Crippen molar-refractivity contribution in [1.82, 2.24) is 4.48 Å². The summed E-state index contributed by atoms with van der Waals surface area (Å²) in [6.45, 7) is 0. The summed E-state index contributed by atoms with van der Waals surface area (Å²) >= 11 is 5.30. The van der Waals surface area contributed by atoms with Gasteiger partial charge in [0.25, 0.3) is 0 Å². The molecule has 0 atom stereocenters. The molecule has 0 heterocycles. The Bertz CT molecular complexity index is 218. The van der Waals surface area contributed by atoms with Crippen molar-refractivity contribution in [2.75, 3.05) is 21.1 Å². The zero-order chi connectivity index (χ0) is 10.3. The zero-order valence-corrected chi connectivity index (χ0v) is 14.4. The van der Waals surface area contributed by atoms with Crippen LogP contribution in [-0.4, -0.2) is 21.1 Å². The summed E-state index contributed by atoms with van der Waals surface area (Å²) in [6.07, 6.45) is 0. The first-order valence-corrected chi connectivity index (χ1v) is 16.3. The molecular formula is C9H14I3N. The topological polar surface area (TPSA) is 0 Å². The molecule has 0 unspecified atom stereocenters. The zero-order valence-electron chi connectivity index (χ0n) is 7.97. The number of hydrogen-bond acceptors (Lipinski definition) is 0. The average Bonchev–Trinajstić information content (AvgIpc) is 2.06. The van der Waals surface area contributed by atoms with E-state index in [1.165, 1.54) is 5.69 Å². The van der Waals surface area contributed by atoms with Crippen LogP contribution in [0, 0.1) is 0 Å². The van der Waals surface area contributed by atoms with Crippen LogP contribution in [0.25, 0.3) is 0 Å². The summed E-state index contributed by atoms with van der Waals surface area (Å²) in [4.78, 5) is 0. The minimum absolute atomic E-state index is 0.530. The van der Waals surface area contributed by atoms with Gasteiger partial charge >= 0.3 is 50.5 Å². The van der Waals surface area contributed by atoms with Gasteiger partial charge in [0.2, 0.25) is 0 Å². The van der Waals surface area contributed by atoms with Crippen molar-refractivity contribution >= 4 is 42.9 Å². The van der Waals surface area contributed by atoms with E-state index < -0.39 is 0 Å². The molecule has 4 heteroatoms. The molecule has 0 fully saturated rings. The van der Waals surface area contributed by atoms with Crippen LogP contribution in [0.5, 0.6) is 0 Å². The summed E-state index contributed by atoms with van der Waals surface area (Å²) in [5.74, 6) is 0. The van der Waals surface area contributed by atoms with Gasteiger partial charge in [-0.2, -0.15) is 0 Å². The van der Waals surface area contributed by atoms with Crippen molar-refractivity contribution in [3.63, 3.8) is 0 Å². The van der Waals surface area contributed by atoms with Gasteiger partial charge in [-0.05, 0) is 12.1 Å². The van der Waals surface area contributed by atoms with E-state index in [1.807, 2.05) is 6.07 Å². The molecule has 1 aromatic rings. The summed E-state index contributed by atoms with van der Waals surface area (Å²) in [5, 5.41) is 0. The maximum atomic E-state index is 2.39. The number of quaternary nitrogens is 1. The Kier molecular flexibility index (Phi) is 8.44. The quantitative estimate of drug-likeness (QED) is 0.380. The first-order chi connectivity index (χ1) is 6.02. The van der Waals surface area contributed by atoms with Crippen LogP contribution in [-0.2, 0) is 0 Å². The van der Waals surface area contributed by atoms with Gasteiger partial charge in [0.15, 0.2) is 0 Å². The fourth-order valence-electron chi connectivity index (χ4n) is 0.875. The molecule has 1 aromatic carbocycles. The summed E-state index contributed by atoms with van der Waals surface area (Å²) in [5.41, 5.74) is 1.34. The Hall–Kier alpha value is 1.37. The summed E-state index contributed by atoms with van der Waals surface area (Å²) < 4.78 is 0.890. The second-order valence-corrected chi connectivity index (χ2v) is 19.6. The van der Waals surface area contributed by atoms with Gasteiger partial charge in [-0.1, -0.05) is 18.2 Å². The second kappa shape index (κ2) is 7.63. The minimum atomic E-state index is 0.530. The van der Waals surface area contributed by atoms with E-state index in [1.54, 1.807) is 0 Å². The van der Waals surface area contributed by atoms with Crippen molar-refractivity contribution in [2.24, 2.45) is 0 Å². The Morgan fingerprint density at radius 1 is 1.00 bits per heavy atom. The fourth-order valence-corrected chi connectivity index (χ4v) is 0.875. The van der Waals surface area contributed by atoms with E-state index in [0.717, 1.165) is 4.48 Å². The Labute approximate surface area is 110 Å². The van der Waals surface area contributed by atoms with Crippen molar-refractivity contribution in [3.8, 4) is 0 Å². The van der Waals surface area contributed by atoms with Gasteiger partial charge < -0.3 is 0 Å². The van der Waals surface area contributed by atoms with E-state index in [4.69, 9.17) is 0 Å². The molecule has 0 aliphatic rings. The van der Waals surface area contributed by atoms with Gasteiger partial charge in [0.1, 0.15) is 5.69 Å². The molecule has 0 aliphatic heterocycles. The van der Waals surface area contributed by atoms with Crippen LogP contribution in [0.15, 0.2) is 30.3 Å². The molecule has 0 aromatic heterocycles. The Morgan fingerprint density at radius 2 is 1.38 bits per heavy atom. The molecule has 13 heavy (non-hydrogen) atoms. The Morgan fingerprint density at radius 3 is 1.62 bits per heavy atom. The average molecular weight is 517 g/mol. The number of para-hydroxylation sites is 1. The SMILES string of the molecule is C[N+](C)(C)c1ccccc1.I[I-]I. The van der Waals surface area contributed by atoms with Gasteiger partial charge in [0.05, 0.1) is 21.1 Å². The van der Waals surface area contributed by atoms with Crippen LogP contribution in [0.3, 0.4) is 0 Å². The molecule has 0 spiro atoms. The molecule has 0 saturated heterocycles. The third kappa shape index (κ3) is 7.32. The second-order valence-electron chi connectivity index (χ2n) is 3.40. The molecule has 0 aliphatic carbocycles. The van der Waals surface area contributed by atoms with E-state index in [2.05, 4.69) is 82.6 Å². The Balaban J connectivity index is 0.000000424. The van der Waals surface area contributed by atoms with E-state index in [9.17, 15) is 0 Å². The van der Waals surface area contributed by atoms with Crippen LogP contribution >= 0.6 is 37.2 Å². The first-order valence-electron chi connectivity index (χ1n) is 3.76. The van der Waals surface area contributed by atoms with E-state index in [0.29, 0.717) is 13.3 Å². The van der Waals surface area contributed by atoms with Crippen molar-refractivity contribution < 1.29 is 13.3 Å². The first kappa shape index (κ1) is 14.4. The third-order valence-electron chi connectivity index (χ3n) is 1.53. The standard InChI is InChI=1S/C9H14N.I3/c1-10(2,3)9-7-5-4-6-8-9;1-3-2/h4-8H,1-3H3;/q+1;-1. The van der Waals surface area contributed by atoms with Gasteiger partial charge in [-0.15, -0.1) is 0 Å². The molecule has 1 nitrogen and oxygen atoms in total. The number of benzene rings is 1. The fraction of sp³-hybridized carbons (Fsp3) is 0.333. The number of halogens is 3. The van der Waals surface area contributed by atoms with Crippen molar-refractivity contribution in [3.05, 3.63) is 30.3 Å².